The molecular formula is C8H7Cl2FO2S. The first-order valence-corrected chi connectivity index (χ1v) is 6.33. The Hall–Kier alpha value is -0.320. The van der Waals surface area contributed by atoms with Gasteiger partial charge in [0.1, 0.15) is 5.82 Å². The van der Waals surface area contributed by atoms with Crippen LogP contribution in [-0.2, 0) is 9.05 Å². The van der Waals surface area contributed by atoms with Gasteiger partial charge in [-0.3, -0.25) is 0 Å². The largest absolute Gasteiger partial charge is 0.261 e. The smallest absolute Gasteiger partial charge is 0.207 e. The minimum absolute atomic E-state index is 0.0596. The molecule has 0 unspecified atom stereocenters. The molecule has 6 heteroatoms. The van der Waals surface area contributed by atoms with Crippen LogP contribution >= 0.6 is 22.3 Å². The van der Waals surface area contributed by atoms with E-state index in [1.165, 1.54) is 19.9 Å². The van der Waals surface area contributed by atoms with Gasteiger partial charge < -0.3 is 0 Å². The fourth-order valence-electron chi connectivity index (χ4n) is 1.07. The highest BCUT2D eigenvalue weighted by Gasteiger charge is 2.19. The Kier molecular flexibility index (Phi) is 3.09. The topological polar surface area (TPSA) is 34.1 Å². The van der Waals surface area contributed by atoms with Crippen LogP contribution in [0.2, 0.25) is 5.02 Å². The molecule has 0 saturated heterocycles. The summed E-state index contributed by atoms with van der Waals surface area (Å²) in [6, 6.07) is 1.25. The Bertz CT molecular complexity index is 483. The van der Waals surface area contributed by atoms with Gasteiger partial charge >= 0.3 is 0 Å². The standard InChI is InChI=1S/C8H7Cl2FO2S/c1-4-3-6(14(10,12)13)5(2)8(11)7(4)9/h3H,1-2H3. The number of hydrogen-bond donors (Lipinski definition) is 0. The molecule has 78 valence electrons. The van der Waals surface area contributed by atoms with Crippen molar-refractivity contribution in [2.75, 3.05) is 0 Å². The Balaban J connectivity index is 3.66. The summed E-state index contributed by atoms with van der Waals surface area (Å²) in [5.41, 5.74) is 0.282. The van der Waals surface area contributed by atoms with Crippen molar-refractivity contribution >= 4 is 31.3 Å². The molecule has 0 fully saturated rings. The van der Waals surface area contributed by atoms with E-state index in [0.717, 1.165) is 0 Å². The zero-order chi connectivity index (χ0) is 11.1. The molecule has 1 aromatic carbocycles. The van der Waals surface area contributed by atoms with E-state index in [0.29, 0.717) is 5.56 Å². The van der Waals surface area contributed by atoms with Gasteiger partial charge in [-0.05, 0) is 25.5 Å². The third-order valence-corrected chi connectivity index (χ3v) is 3.76. The maximum absolute atomic E-state index is 13.3. The molecular weight excluding hydrogens is 250 g/mol. The molecule has 0 aromatic heterocycles. The third kappa shape index (κ3) is 2.02. The summed E-state index contributed by atoms with van der Waals surface area (Å²) in [5, 5.41) is -0.0773. The van der Waals surface area contributed by atoms with E-state index in [2.05, 4.69) is 0 Å². The van der Waals surface area contributed by atoms with Crippen LogP contribution in [0.4, 0.5) is 4.39 Å². The van der Waals surface area contributed by atoms with Crippen LogP contribution < -0.4 is 0 Å². The maximum Gasteiger partial charge on any atom is 0.261 e. The van der Waals surface area contributed by atoms with Gasteiger partial charge in [0, 0.05) is 16.2 Å². The van der Waals surface area contributed by atoms with E-state index in [1.54, 1.807) is 0 Å². The molecule has 0 radical (unpaired) electrons. The predicted molar refractivity (Wildman–Crippen MR) is 53.9 cm³/mol. The summed E-state index contributed by atoms with van der Waals surface area (Å²) < 4.78 is 35.4. The molecule has 1 rings (SSSR count). The van der Waals surface area contributed by atoms with Crippen molar-refractivity contribution in [3.63, 3.8) is 0 Å². The molecule has 0 aliphatic rings. The Labute approximate surface area is 91.1 Å². The fourth-order valence-corrected chi connectivity index (χ4v) is 2.52. The van der Waals surface area contributed by atoms with Crippen molar-refractivity contribution < 1.29 is 12.8 Å². The number of halogens is 3. The highest BCUT2D eigenvalue weighted by Crippen LogP contribution is 2.29. The lowest BCUT2D eigenvalue weighted by Crippen LogP contribution is -1.99. The predicted octanol–water partition coefficient (Wildman–Crippen LogP) is 3.02. The molecule has 0 N–H and O–H groups in total. The van der Waals surface area contributed by atoms with Gasteiger partial charge in [0.15, 0.2) is 0 Å². The van der Waals surface area contributed by atoms with Gasteiger partial charge in [0.05, 0.1) is 9.92 Å². The van der Waals surface area contributed by atoms with Gasteiger partial charge in [-0.15, -0.1) is 0 Å². The Morgan fingerprint density at radius 3 is 2.29 bits per heavy atom. The normalized spacial score (nSPS) is 11.8. The van der Waals surface area contributed by atoms with Gasteiger partial charge in [0.25, 0.3) is 9.05 Å². The summed E-state index contributed by atoms with van der Waals surface area (Å²) in [7, 11) is 1.20. The molecule has 1 aromatic rings. The molecule has 0 aliphatic carbocycles. The summed E-state index contributed by atoms with van der Waals surface area (Å²) >= 11 is 5.59. The third-order valence-electron chi connectivity index (χ3n) is 1.85. The van der Waals surface area contributed by atoms with Gasteiger partial charge in [0.2, 0.25) is 0 Å². The summed E-state index contributed by atoms with van der Waals surface area (Å²) in [6.45, 7) is 2.83. The second-order valence-electron chi connectivity index (χ2n) is 2.88. The van der Waals surface area contributed by atoms with Crippen molar-refractivity contribution in [2.24, 2.45) is 0 Å². The molecule has 0 bridgehead atoms. The number of rotatable bonds is 1. The SMILES string of the molecule is Cc1cc(S(=O)(=O)Cl)c(C)c(F)c1Cl. The second-order valence-corrected chi connectivity index (χ2v) is 5.79. The Morgan fingerprint density at radius 2 is 1.86 bits per heavy atom. The molecule has 0 heterocycles. The lowest BCUT2D eigenvalue weighted by atomic mass is 10.1. The van der Waals surface area contributed by atoms with Gasteiger partial charge in [-0.25, -0.2) is 12.8 Å². The average molecular weight is 257 g/mol. The minimum Gasteiger partial charge on any atom is -0.207 e. The van der Waals surface area contributed by atoms with E-state index in [1.807, 2.05) is 0 Å². The Morgan fingerprint density at radius 1 is 1.36 bits per heavy atom. The molecule has 0 saturated carbocycles. The monoisotopic (exact) mass is 256 g/mol. The fraction of sp³-hybridized carbons (Fsp3) is 0.250. The van der Waals surface area contributed by atoms with Crippen LogP contribution in [-0.4, -0.2) is 8.42 Å². The highest BCUT2D eigenvalue weighted by molar-refractivity contribution is 8.13. The first-order chi connectivity index (χ1) is 6.25. The van der Waals surface area contributed by atoms with Crippen LogP contribution in [0.1, 0.15) is 11.1 Å². The quantitative estimate of drug-likeness (QED) is 0.724. The van der Waals surface area contributed by atoms with Crippen LogP contribution in [0.15, 0.2) is 11.0 Å². The maximum atomic E-state index is 13.3. The van der Waals surface area contributed by atoms with Crippen molar-refractivity contribution in [3.8, 4) is 0 Å². The van der Waals surface area contributed by atoms with Crippen LogP contribution in [0, 0.1) is 19.7 Å². The summed E-state index contributed by atoms with van der Waals surface area (Å²) in [6.07, 6.45) is 0. The van der Waals surface area contributed by atoms with E-state index >= 15 is 0 Å². The van der Waals surface area contributed by atoms with E-state index in [4.69, 9.17) is 22.3 Å². The average Bonchev–Trinajstić information content (AvgIpc) is 2.06. The molecule has 0 amide bonds. The zero-order valence-corrected chi connectivity index (χ0v) is 9.76. The molecule has 0 atom stereocenters. The van der Waals surface area contributed by atoms with Crippen LogP contribution in [0.3, 0.4) is 0 Å². The first-order valence-electron chi connectivity index (χ1n) is 3.65. The van der Waals surface area contributed by atoms with Crippen LogP contribution in [0.5, 0.6) is 0 Å². The van der Waals surface area contributed by atoms with Gasteiger partial charge in [-0.1, -0.05) is 11.6 Å². The molecule has 14 heavy (non-hydrogen) atoms. The van der Waals surface area contributed by atoms with Crippen molar-refractivity contribution in [3.05, 3.63) is 28.0 Å². The van der Waals surface area contributed by atoms with E-state index in [9.17, 15) is 12.8 Å². The van der Waals surface area contributed by atoms with Crippen molar-refractivity contribution in [1.82, 2.24) is 0 Å². The van der Waals surface area contributed by atoms with Gasteiger partial charge in [-0.2, -0.15) is 0 Å². The highest BCUT2D eigenvalue weighted by atomic mass is 35.7. The first kappa shape index (κ1) is 11.8. The number of aryl methyl sites for hydroxylation is 1. The van der Waals surface area contributed by atoms with Crippen molar-refractivity contribution in [1.29, 1.82) is 0 Å². The summed E-state index contributed by atoms with van der Waals surface area (Å²) in [5.74, 6) is -0.745. The van der Waals surface area contributed by atoms with Crippen molar-refractivity contribution in [2.45, 2.75) is 18.7 Å². The van der Waals surface area contributed by atoms with E-state index in [-0.39, 0.29) is 15.5 Å². The zero-order valence-electron chi connectivity index (χ0n) is 7.44. The lowest BCUT2D eigenvalue weighted by Gasteiger charge is -2.07. The number of benzene rings is 1. The van der Waals surface area contributed by atoms with Crippen LogP contribution in [0.25, 0.3) is 0 Å². The molecule has 2 nitrogen and oxygen atoms in total. The minimum atomic E-state index is -3.92. The second kappa shape index (κ2) is 3.68. The summed E-state index contributed by atoms with van der Waals surface area (Å²) in [4.78, 5) is -0.237. The number of hydrogen-bond acceptors (Lipinski definition) is 2. The lowest BCUT2D eigenvalue weighted by molar-refractivity contribution is 0.596. The molecule has 0 spiro atoms. The molecule has 0 aliphatic heterocycles. The van der Waals surface area contributed by atoms with E-state index < -0.39 is 14.9 Å².